The van der Waals surface area contributed by atoms with Crippen LogP contribution in [0.2, 0.25) is 0 Å². The van der Waals surface area contributed by atoms with E-state index in [2.05, 4.69) is 10.1 Å². The summed E-state index contributed by atoms with van der Waals surface area (Å²) in [5.41, 5.74) is 2.86. The molecule has 1 N–H and O–H groups in total. The van der Waals surface area contributed by atoms with Crippen molar-refractivity contribution in [2.45, 2.75) is 13.1 Å². The van der Waals surface area contributed by atoms with Crippen molar-refractivity contribution < 1.29 is 17.7 Å². The Kier molecular flexibility index (Phi) is 4.89. The quantitative estimate of drug-likeness (QED) is 0.330. The van der Waals surface area contributed by atoms with Crippen LogP contribution >= 0.6 is 0 Å². The van der Waals surface area contributed by atoms with E-state index in [0.29, 0.717) is 44.6 Å². The molecular weight excluding hydrogens is 429 g/mol. The molecule has 0 aliphatic carbocycles. The van der Waals surface area contributed by atoms with Gasteiger partial charge in [0, 0.05) is 22.5 Å². The molecule has 2 heterocycles. The molecule has 3 aromatic carbocycles. The molecule has 4 nitrogen and oxygen atoms in total. The Morgan fingerprint density at radius 2 is 1.55 bits per heavy atom. The Labute approximate surface area is 186 Å². The van der Waals surface area contributed by atoms with E-state index in [0.717, 1.165) is 17.7 Å². The summed E-state index contributed by atoms with van der Waals surface area (Å²) in [6.07, 6.45) is -4.44. The predicted molar refractivity (Wildman–Crippen MR) is 121 cm³/mol. The van der Waals surface area contributed by atoms with E-state index in [4.69, 9.17) is 4.52 Å². The summed E-state index contributed by atoms with van der Waals surface area (Å²) in [4.78, 5) is 15.9. The van der Waals surface area contributed by atoms with E-state index < -0.39 is 11.7 Å². The van der Waals surface area contributed by atoms with E-state index in [-0.39, 0.29) is 5.56 Å². The number of aryl methyl sites for hydroxylation is 1. The van der Waals surface area contributed by atoms with Crippen LogP contribution in [0, 0.1) is 6.92 Å². The van der Waals surface area contributed by atoms with Crippen molar-refractivity contribution >= 4 is 10.9 Å². The van der Waals surface area contributed by atoms with Crippen molar-refractivity contribution in [2.75, 3.05) is 0 Å². The number of alkyl halides is 3. The van der Waals surface area contributed by atoms with Crippen molar-refractivity contribution in [3.8, 4) is 33.6 Å². The number of hydrogen-bond donors (Lipinski definition) is 1. The van der Waals surface area contributed by atoms with E-state index in [1.807, 2.05) is 30.3 Å². The van der Waals surface area contributed by atoms with Crippen LogP contribution in [0.25, 0.3) is 44.5 Å². The molecule has 0 radical (unpaired) electrons. The number of aromatic nitrogens is 2. The number of H-pyrrole nitrogens is 1. The second-order valence-electron chi connectivity index (χ2n) is 7.74. The molecule has 0 unspecified atom stereocenters. The monoisotopic (exact) mass is 446 g/mol. The highest BCUT2D eigenvalue weighted by molar-refractivity contribution is 6.03. The van der Waals surface area contributed by atoms with Gasteiger partial charge in [-0.05, 0) is 47.9 Å². The molecule has 0 spiro atoms. The molecule has 0 bridgehead atoms. The lowest BCUT2D eigenvalue weighted by Gasteiger charge is -2.14. The molecule has 0 amide bonds. The topological polar surface area (TPSA) is 58.9 Å². The fraction of sp³-hybridized carbons (Fsp3) is 0.0769. The third-order valence-corrected chi connectivity index (χ3v) is 5.47. The summed E-state index contributed by atoms with van der Waals surface area (Å²) >= 11 is 0. The number of nitrogens with zero attached hydrogens (tertiary/aromatic N) is 1. The summed E-state index contributed by atoms with van der Waals surface area (Å²) in [5.74, 6) is 0.318. The van der Waals surface area contributed by atoms with Crippen molar-refractivity contribution in [2.24, 2.45) is 0 Å². The van der Waals surface area contributed by atoms with Gasteiger partial charge >= 0.3 is 6.18 Å². The summed E-state index contributed by atoms with van der Waals surface area (Å²) in [7, 11) is 0. The van der Waals surface area contributed by atoms with E-state index in [9.17, 15) is 18.0 Å². The van der Waals surface area contributed by atoms with Gasteiger partial charge in [-0.2, -0.15) is 13.2 Å². The van der Waals surface area contributed by atoms with Crippen molar-refractivity contribution in [1.82, 2.24) is 10.1 Å². The number of aromatic amines is 1. The van der Waals surface area contributed by atoms with E-state index in [1.54, 1.807) is 37.3 Å². The van der Waals surface area contributed by atoms with Gasteiger partial charge in [0.15, 0.2) is 5.76 Å². The van der Waals surface area contributed by atoms with Crippen LogP contribution in [0.5, 0.6) is 0 Å². The Balaban J connectivity index is 1.82. The molecule has 0 aliphatic rings. The average Bonchev–Trinajstić information content (AvgIpc) is 3.23. The Hall–Kier alpha value is -4.13. The van der Waals surface area contributed by atoms with Gasteiger partial charge in [0.2, 0.25) is 0 Å². The maximum atomic E-state index is 13.3. The third-order valence-electron chi connectivity index (χ3n) is 5.47. The van der Waals surface area contributed by atoms with Gasteiger partial charge in [-0.25, -0.2) is 0 Å². The van der Waals surface area contributed by atoms with Crippen LogP contribution < -0.4 is 5.56 Å². The lowest BCUT2D eigenvalue weighted by Crippen LogP contribution is -2.11. The van der Waals surface area contributed by atoms with Gasteiger partial charge in [0.1, 0.15) is 0 Å². The SMILES string of the molecule is Cc1cc(-c2c(-c3ccccc3)c3cc(-c4cccc(C(F)(F)F)c4)ccc3[nH]c2=O)on1. The predicted octanol–water partition coefficient (Wildman–Crippen LogP) is 6.84. The highest BCUT2D eigenvalue weighted by Gasteiger charge is 2.30. The highest BCUT2D eigenvalue weighted by atomic mass is 19.4. The molecular formula is C26H17F3N2O2. The zero-order valence-electron chi connectivity index (χ0n) is 17.4. The molecule has 0 saturated heterocycles. The van der Waals surface area contributed by atoms with Crippen LogP contribution in [0.15, 0.2) is 88.2 Å². The van der Waals surface area contributed by atoms with Crippen LogP contribution in [-0.2, 0) is 6.18 Å². The molecule has 5 aromatic rings. The van der Waals surface area contributed by atoms with Crippen LogP contribution in [0.3, 0.4) is 0 Å². The second-order valence-corrected chi connectivity index (χ2v) is 7.74. The largest absolute Gasteiger partial charge is 0.416 e. The van der Waals surface area contributed by atoms with Crippen LogP contribution in [0.1, 0.15) is 11.3 Å². The fourth-order valence-corrected chi connectivity index (χ4v) is 3.97. The van der Waals surface area contributed by atoms with Crippen molar-refractivity contribution in [3.63, 3.8) is 0 Å². The van der Waals surface area contributed by atoms with E-state index in [1.165, 1.54) is 6.07 Å². The van der Waals surface area contributed by atoms with Gasteiger partial charge in [0.05, 0.1) is 16.8 Å². The minimum absolute atomic E-state index is 0.315. The van der Waals surface area contributed by atoms with Crippen LogP contribution in [-0.4, -0.2) is 10.1 Å². The Morgan fingerprint density at radius 3 is 2.24 bits per heavy atom. The zero-order chi connectivity index (χ0) is 23.2. The van der Waals surface area contributed by atoms with Crippen molar-refractivity contribution in [1.29, 1.82) is 0 Å². The first kappa shape index (κ1) is 20.8. The molecule has 0 atom stereocenters. The number of halogens is 3. The van der Waals surface area contributed by atoms with Gasteiger partial charge in [-0.15, -0.1) is 0 Å². The molecule has 5 rings (SSSR count). The second kappa shape index (κ2) is 7.78. The van der Waals surface area contributed by atoms with Gasteiger partial charge in [-0.1, -0.05) is 53.7 Å². The third kappa shape index (κ3) is 3.82. The summed E-state index contributed by atoms with van der Waals surface area (Å²) in [6.45, 7) is 1.76. The van der Waals surface area contributed by atoms with Gasteiger partial charge in [0.25, 0.3) is 5.56 Å². The Bertz CT molecular complexity index is 1530. The first-order valence-corrected chi connectivity index (χ1v) is 10.2. The number of pyridine rings is 1. The summed E-state index contributed by atoms with van der Waals surface area (Å²) in [6, 6.07) is 21.4. The average molecular weight is 446 g/mol. The highest BCUT2D eigenvalue weighted by Crippen LogP contribution is 2.38. The Morgan fingerprint density at radius 1 is 0.818 bits per heavy atom. The number of rotatable bonds is 3. The van der Waals surface area contributed by atoms with E-state index >= 15 is 0 Å². The van der Waals surface area contributed by atoms with Gasteiger partial charge in [-0.3, -0.25) is 4.79 Å². The van der Waals surface area contributed by atoms with Crippen LogP contribution in [0.4, 0.5) is 13.2 Å². The lowest BCUT2D eigenvalue weighted by molar-refractivity contribution is -0.137. The summed E-state index contributed by atoms with van der Waals surface area (Å²) in [5, 5.41) is 4.59. The molecule has 0 aliphatic heterocycles. The fourth-order valence-electron chi connectivity index (χ4n) is 3.97. The molecule has 33 heavy (non-hydrogen) atoms. The number of fused-ring (bicyclic) bond motifs is 1. The van der Waals surface area contributed by atoms with Crippen molar-refractivity contribution in [3.05, 3.63) is 100 Å². The number of nitrogens with one attached hydrogen (secondary N) is 1. The normalized spacial score (nSPS) is 11.8. The summed E-state index contributed by atoms with van der Waals surface area (Å²) < 4.78 is 45.2. The number of hydrogen-bond acceptors (Lipinski definition) is 3. The molecule has 164 valence electrons. The minimum Gasteiger partial charge on any atom is -0.356 e. The molecule has 0 fully saturated rings. The zero-order valence-corrected chi connectivity index (χ0v) is 17.4. The lowest BCUT2D eigenvalue weighted by atomic mass is 9.92. The molecule has 0 saturated carbocycles. The number of benzene rings is 3. The standard InChI is InChI=1S/C26H17F3N2O2/c1-15-12-22(33-31-15)24-23(16-6-3-2-4-7-16)20-14-18(10-11-21(20)30-25(24)32)17-8-5-9-19(13-17)26(27,28)29/h2-14H,1H3,(H,30,32). The first-order valence-electron chi connectivity index (χ1n) is 10.2. The first-order chi connectivity index (χ1) is 15.8. The maximum absolute atomic E-state index is 13.3. The molecule has 2 aromatic heterocycles. The maximum Gasteiger partial charge on any atom is 0.416 e. The smallest absolute Gasteiger partial charge is 0.356 e. The van der Waals surface area contributed by atoms with Gasteiger partial charge < -0.3 is 9.51 Å². The molecule has 7 heteroatoms. The minimum atomic E-state index is -4.44.